The number of aliphatic hydroxyl groups excluding tert-OH is 4. The predicted octanol–water partition coefficient (Wildman–Crippen LogP) is 1.72. The smallest absolute Gasteiger partial charge is 0.222 e. The predicted molar refractivity (Wildman–Crippen MR) is 108 cm³/mol. The van der Waals surface area contributed by atoms with Crippen LogP contribution in [-0.2, 0) is 9.53 Å². The van der Waals surface area contributed by atoms with Gasteiger partial charge in [-0.25, -0.2) is 0 Å². The van der Waals surface area contributed by atoms with Crippen LogP contribution >= 0.6 is 0 Å². The fourth-order valence-electron chi connectivity index (χ4n) is 3.47. The second-order valence-electron chi connectivity index (χ2n) is 7.64. The first-order chi connectivity index (χ1) is 13.4. The van der Waals surface area contributed by atoms with Crippen molar-refractivity contribution >= 4 is 5.91 Å². The van der Waals surface area contributed by atoms with E-state index >= 15 is 0 Å². The first-order valence-corrected chi connectivity index (χ1v) is 10.6. The molecule has 0 aromatic carbocycles. The maximum absolute atomic E-state index is 12.4. The number of carbonyl (C=O) groups is 1. The molecule has 0 aromatic heterocycles. The number of rotatable bonds is 13. The molecule has 1 amide bonds. The van der Waals surface area contributed by atoms with Gasteiger partial charge in [0.1, 0.15) is 24.4 Å². The molecule has 28 heavy (non-hydrogen) atoms. The molecule has 0 bridgehead atoms. The SMILES string of the molecule is CCCCC=CCCCCCCCC(=O)N(C)[C@H]1C(O)O[C@H](CO)[C@@H](O)[C@@H]1O. The molecular weight excluding hydrogens is 362 g/mol. The van der Waals surface area contributed by atoms with Crippen LogP contribution in [0.25, 0.3) is 0 Å². The van der Waals surface area contributed by atoms with E-state index in [1.807, 2.05) is 0 Å². The first-order valence-electron chi connectivity index (χ1n) is 10.6. The Morgan fingerprint density at radius 1 is 0.964 bits per heavy atom. The summed E-state index contributed by atoms with van der Waals surface area (Å²) < 4.78 is 5.11. The van der Waals surface area contributed by atoms with Gasteiger partial charge < -0.3 is 30.1 Å². The lowest BCUT2D eigenvalue weighted by atomic mass is 9.95. The summed E-state index contributed by atoms with van der Waals surface area (Å²) in [6.45, 7) is 1.67. The third-order valence-electron chi connectivity index (χ3n) is 5.36. The number of nitrogens with zero attached hydrogens (tertiary/aromatic N) is 1. The Morgan fingerprint density at radius 2 is 1.57 bits per heavy atom. The lowest BCUT2D eigenvalue weighted by molar-refractivity contribution is -0.268. The lowest BCUT2D eigenvalue weighted by Crippen LogP contribution is -2.64. The van der Waals surface area contributed by atoms with E-state index in [1.54, 1.807) is 0 Å². The van der Waals surface area contributed by atoms with Gasteiger partial charge in [0, 0.05) is 13.5 Å². The Balaban J connectivity index is 2.22. The van der Waals surface area contributed by atoms with Crippen LogP contribution in [0.2, 0.25) is 0 Å². The summed E-state index contributed by atoms with van der Waals surface area (Å²) in [4.78, 5) is 13.6. The van der Waals surface area contributed by atoms with Crippen molar-refractivity contribution in [2.24, 2.45) is 0 Å². The molecule has 1 saturated heterocycles. The summed E-state index contributed by atoms with van der Waals surface area (Å²) in [7, 11) is 1.49. The normalized spacial score (nSPS) is 28.0. The van der Waals surface area contributed by atoms with Gasteiger partial charge in [-0.1, -0.05) is 51.2 Å². The molecule has 0 spiro atoms. The van der Waals surface area contributed by atoms with E-state index < -0.39 is 37.3 Å². The maximum atomic E-state index is 12.4. The lowest BCUT2D eigenvalue weighted by Gasteiger charge is -2.43. The van der Waals surface area contributed by atoms with Crippen LogP contribution < -0.4 is 0 Å². The summed E-state index contributed by atoms with van der Waals surface area (Å²) in [5.74, 6) is -0.208. The van der Waals surface area contributed by atoms with Crippen molar-refractivity contribution in [3.05, 3.63) is 12.2 Å². The van der Waals surface area contributed by atoms with Crippen molar-refractivity contribution < 1.29 is 30.0 Å². The highest BCUT2D eigenvalue weighted by Gasteiger charge is 2.46. The van der Waals surface area contributed by atoms with Crippen LogP contribution in [0.3, 0.4) is 0 Å². The Kier molecular flexibility index (Phi) is 12.6. The summed E-state index contributed by atoms with van der Waals surface area (Å²) in [6.07, 6.45) is 9.44. The number of likely N-dealkylation sites (N-methyl/N-ethyl adjacent to an activating group) is 1. The molecule has 0 aromatic rings. The molecule has 0 saturated carbocycles. The highest BCUT2D eigenvalue weighted by atomic mass is 16.6. The van der Waals surface area contributed by atoms with E-state index in [-0.39, 0.29) is 5.91 Å². The zero-order chi connectivity index (χ0) is 20.9. The van der Waals surface area contributed by atoms with Crippen LogP contribution in [-0.4, -0.2) is 75.5 Å². The molecule has 1 aliphatic heterocycles. The minimum absolute atomic E-state index is 0.208. The van der Waals surface area contributed by atoms with Crippen molar-refractivity contribution in [1.29, 1.82) is 0 Å². The van der Waals surface area contributed by atoms with Gasteiger partial charge in [-0.05, 0) is 25.7 Å². The monoisotopic (exact) mass is 401 g/mol. The van der Waals surface area contributed by atoms with E-state index in [0.717, 1.165) is 38.5 Å². The van der Waals surface area contributed by atoms with Gasteiger partial charge in [-0.3, -0.25) is 4.79 Å². The van der Waals surface area contributed by atoms with Crippen molar-refractivity contribution in [2.75, 3.05) is 13.7 Å². The van der Waals surface area contributed by atoms with Crippen LogP contribution in [0.5, 0.6) is 0 Å². The van der Waals surface area contributed by atoms with E-state index in [2.05, 4.69) is 19.1 Å². The third kappa shape index (κ3) is 8.17. The van der Waals surface area contributed by atoms with Crippen molar-refractivity contribution in [2.45, 2.75) is 102 Å². The fourth-order valence-corrected chi connectivity index (χ4v) is 3.47. The fraction of sp³-hybridized carbons (Fsp3) is 0.857. The average molecular weight is 402 g/mol. The number of amides is 1. The van der Waals surface area contributed by atoms with Gasteiger partial charge in [-0.15, -0.1) is 0 Å². The number of aliphatic hydroxyl groups is 4. The number of hydrogen-bond donors (Lipinski definition) is 4. The van der Waals surface area contributed by atoms with Gasteiger partial charge in [0.15, 0.2) is 6.29 Å². The van der Waals surface area contributed by atoms with Gasteiger partial charge in [0.25, 0.3) is 0 Å². The third-order valence-corrected chi connectivity index (χ3v) is 5.36. The van der Waals surface area contributed by atoms with Crippen molar-refractivity contribution in [1.82, 2.24) is 4.90 Å². The maximum Gasteiger partial charge on any atom is 0.222 e. The molecule has 4 N–H and O–H groups in total. The zero-order valence-corrected chi connectivity index (χ0v) is 17.4. The molecule has 0 radical (unpaired) electrons. The van der Waals surface area contributed by atoms with Crippen molar-refractivity contribution in [3.8, 4) is 0 Å². The Bertz CT molecular complexity index is 458. The van der Waals surface area contributed by atoms with E-state index in [9.17, 15) is 20.1 Å². The summed E-state index contributed by atoms with van der Waals surface area (Å²) in [5.41, 5.74) is 0. The summed E-state index contributed by atoms with van der Waals surface area (Å²) in [5, 5.41) is 39.3. The minimum atomic E-state index is -1.45. The Hall–Kier alpha value is -0.990. The highest BCUT2D eigenvalue weighted by Crippen LogP contribution is 2.24. The van der Waals surface area contributed by atoms with Crippen LogP contribution in [0, 0.1) is 0 Å². The molecule has 1 aliphatic rings. The standard InChI is InChI=1S/C21H39NO6/c1-3-4-5-6-7-8-9-10-11-12-13-14-17(24)22(2)18-20(26)19(25)16(15-23)28-21(18)27/h6-7,16,18-21,23,25-27H,3-5,8-15H2,1-2H3/t16-,18-,19-,20-,21?/m1/s1. The Labute approximate surface area is 169 Å². The molecule has 5 atom stereocenters. The topological polar surface area (TPSA) is 110 Å². The second kappa shape index (κ2) is 14.1. The molecule has 164 valence electrons. The molecule has 1 rings (SSSR count). The number of unbranched alkanes of at least 4 members (excludes halogenated alkanes) is 7. The van der Waals surface area contributed by atoms with Crippen LogP contribution in [0.15, 0.2) is 12.2 Å². The molecule has 0 aliphatic carbocycles. The van der Waals surface area contributed by atoms with Gasteiger partial charge in [0.2, 0.25) is 5.91 Å². The molecule has 7 heteroatoms. The number of ether oxygens (including phenoxy) is 1. The van der Waals surface area contributed by atoms with Gasteiger partial charge >= 0.3 is 0 Å². The quantitative estimate of drug-likeness (QED) is 0.276. The number of carbonyl (C=O) groups excluding carboxylic acids is 1. The van der Waals surface area contributed by atoms with Crippen LogP contribution in [0.4, 0.5) is 0 Å². The second-order valence-corrected chi connectivity index (χ2v) is 7.64. The van der Waals surface area contributed by atoms with Gasteiger partial charge in [0.05, 0.1) is 6.61 Å². The first kappa shape index (κ1) is 25.0. The number of hydrogen-bond acceptors (Lipinski definition) is 6. The van der Waals surface area contributed by atoms with Crippen LogP contribution in [0.1, 0.15) is 71.1 Å². The zero-order valence-electron chi connectivity index (χ0n) is 17.4. The molecule has 1 heterocycles. The van der Waals surface area contributed by atoms with Gasteiger partial charge in [-0.2, -0.15) is 0 Å². The largest absolute Gasteiger partial charge is 0.394 e. The summed E-state index contributed by atoms with van der Waals surface area (Å²) in [6, 6.07) is -1.05. The van der Waals surface area contributed by atoms with E-state index in [4.69, 9.17) is 9.84 Å². The average Bonchev–Trinajstić information content (AvgIpc) is 2.68. The molecule has 1 fully saturated rings. The number of allylic oxidation sites excluding steroid dienone is 2. The minimum Gasteiger partial charge on any atom is -0.394 e. The van der Waals surface area contributed by atoms with Crippen molar-refractivity contribution in [3.63, 3.8) is 0 Å². The summed E-state index contributed by atoms with van der Waals surface area (Å²) >= 11 is 0. The van der Waals surface area contributed by atoms with E-state index in [1.165, 1.54) is 31.2 Å². The molecule has 1 unspecified atom stereocenters. The Morgan fingerprint density at radius 3 is 2.21 bits per heavy atom. The molecular formula is C21H39NO6. The van der Waals surface area contributed by atoms with E-state index in [0.29, 0.717) is 6.42 Å². The highest BCUT2D eigenvalue weighted by molar-refractivity contribution is 5.76. The molecule has 7 nitrogen and oxygen atoms in total.